The molecule has 0 amide bonds. The third-order valence-electron chi connectivity index (χ3n) is 5.21. The maximum Gasteiger partial charge on any atom is 0.133 e. The molecule has 1 unspecified atom stereocenters. The van der Waals surface area contributed by atoms with Crippen molar-refractivity contribution < 1.29 is 19.0 Å². The summed E-state index contributed by atoms with van der Waals surface area (Å²) in [5.74, 6) is 1.79. The quantitative estimate of drug-likeness (QED) is 0.471. The predicted octanol–water partition coefficient (Wildman–Crippen LogP) is 6.26. The molecule has 2 aromatic rings. The van der Waals surface area contributed by atoms with E-state index in [0.29, 0.717) is 11.5 Å². The summed E-state index contributed by atoms with van der Waals surface area (Å²) in [5.41, 5.74) is 2.12. The lowest BCUT2D eigenvalue weighted by molar-refractivity contribution is 0.0784. The minimum Gasteiger partial charge on any atom is -0.496 e. The van der Waals surface area contributed by atoms with E-state index in [1.54, 1.807) is 21.0 Å². The van der Waals surface area contributed by atoms with Crippen molar-refractivity contribution in [1.29, 1.82) is 0 Å². The fraction of sp³-hybridized carbons (Fsp3) is 0.333. The molecule has 3 rings (SSSR count). The number of halogens is 2. The van der Waals surface area contributed by atoms with Crippen LogP contribution < -0.4 is 4.74 Å². The van der Waals surface area contributed by atoms with Crippen LogP contribution in [0.5, 0.6) is 11.5 Å². The maximum atomic E-state index is 13.8. The van der Waals surface area contributed by atoms with Crippen LogP contribution in [0, 0.1) is 19.7 Å². The molecule has 0 saturated heterocycles. The zero-order chi connectivity index (χ0) is 22.2. The lowest BCUT2D eigenvalue weighted by Gasteiger charge is -2.33. The Labute approximate surface area is 191 Å². The Hall–Kier alpha value is -2.06. The Morgan fingerprint density at radius 2 is 1.77 bits per heavy atom. The van der Waals surface area contributed by atoms with Crippen LogP contribution in [0.15, 0.2) is 51.9 Å². The molecule has 0 aliphatic carbocycles. The second kappa shape index (κ2) is 8.59. The van der Waals surface area contributed by atoms with Gasteiger partial charge in [-0.25, -0.2) is 4.39 Å². The molecule has 1 atom stereocenters. The van der Waals surface area contributed by atoms with Gasteiger partial charge in [-0.15, -0.1) is 0 Å². The van der Waals surface area contributed by atoms with Gasteiger partial charge in [-0.3, -0.25) is 0 Å². The third kappa shape index (κ3) is 4.49. The van der Waals surface area contributed by atoms with Gasteiger partial charge < -0.3 is 19.5 Å². The van der Waals surface area contributed by atoms with Crippen molar-refractivity contribution in [3.8, 4) is 11.5 Å². The van der Waals surface area contributed by atoms with Gasteiger partial charge in [-0.2, -0.15) is 0 Å². The van der Waals surface area contributed by atoms with E-state index in [1.165, 1.54) is 12.1 Å². The number of hydrogen-bond acceptors (Lipinski definition) is 4. The number of allylic oxidation sites excluding steroid dienone is 1. The zero-order valence-corrected chi connectivity index (χ0v) is 20.2. The number of rotatable bonds is 5. The molecule has 0 fully saturated rings. The van der Waals surface area contributed by atoms with Crippen LogP contribution in [0.1, 0.15) is 42.1 Å². The van der Waals surface area contributed by atoms with E-state index in [-0.39, 0.29) is 11.9 Å². The second-order valence-electron chi connectivity index (χ2n) is 8.08. The van der Waals surface area contributed by atoms with Gasteiger partial charge >= 0.3 is 0 Å². The van der Waals surface area contributed by atoms with Crippen LogP contribution in [0.3, 0.4) is 0 Å². The maximum absolute atomic E-state index is 13.8. The molecule has 0 bridgehead atoms. The van der Waals surface area contributed by atoms with Crippen molar-refractivity contribution in [2.24, 2.45) is 0 Å². The van der Waals surface area contributed by atoms with Gasteiger partial charge in [0.15, 0.2) is 0 Å². The molecule has 0 radical (unpaired) electrons. The zero-order valence-electron chi connectivity index (χ0n) is 18.1. The van der Waals surface area contributed by atoms with Crippen LogP contribution in [0.4, 0.5) is 4.39 Å². The Morgan fingerprint density at radius 3 is 2.33 bits per heavy atom. The lowest BCUT2D eigenvalue weighted by Crippen LogP contribution is -2.24. The molecule has 1 N–H and O–H groups in total. The molecule has 1 aliphatic rings. The largest absolute Gasteiger partial charge is 0.496 e. The van der Waals surface area contributed by atoms with E-state index >= 15 is 0 Å². The Balaban J connectivity index is 2.18. The highest BCUT2D eigenvalue weighted by Gasteiger charge is 2.30. The summed E-state index contributed by atoms with van der Waals surface area (Å²) < 4.78 is 26.7. The Morgan fingerprint density at radius 1 is 1.13 bits per heavy atom. The second-order valence-corrected chi connectivity index (χ2v) is 9.24. The minimum absolute atomic E-state index is 0.149. The van der Waals surface area contributed by atoms with Crippen molar-refractivity contribution in [3.63, 3.8) is 0 Å². The van der Waals surface area contributed by atoms with E-state index in [1.807, 2.05) is 51.4 Å². The molecule has 0 aromatic heterocycles. The molecule has 30 heavy (non-hydrogen) atoms. The molecule has 4 nitrogen and oxygen atoms in total. The van der Waals surface area contributed by atoms with Crippen molar-refractivity contribution in [3.05, 3.63) is 80.0 Å². The summed E-state index contributed by atoms with van der Waals surface area (Å²) in [6, 6.07) is 8.48. The molecule has 0 spiro atoms. The Bertz CT molecular complexity index is 1000. The first-order valence-electron chi connectivity index (χ1n) is 9.68. The number of aryl methyl sites for hydroxylation is 2. The van der Waals surface area contributed by atoms with E-state index < -0.39 is 5.60 Å². The van der Waals surface area contributed by atoms with E-state index in [9.17, 15) is 9.50 Å². The molecule has 160 valence electrons. The number of likely N-dealkylation sites (N-methyl/N-ethyl adjacent to an activating group) is 1. The van der Waals surface area contributed by atoms with E-state index in [0.717, 1.165) is 31.6 Å². The molecule has 2 aromatic carbocycles. The highest BCUT2D eigenvalue weighted by atomic mass is 127. The number of hydrogen-bond donors (Lipinski definition) is 1. The van der Waals surface area contributed by atoms with Gasteiger partial charge in [-0.05, 0) is 97.3 Å². The molecule has 1 aliphatic heterocycles. The van der Waals surface area contributed by atoms with Crippen molar-refractivity contribution in [1.82, 2.24) is 4.90 Å². The summed E-state index contributed by atoms with van der Waals surface area (Å²) in [4.78, 5) is 2.07. The van der Waals surface area contributed by atoms with Gasteiger partial charge in [0.25, 0.3) is 0 Å². The van der Waals surface area contributed by atoms with Crippen LogP contribution in [-0.2, 0) is 10.3 Å². The minimum atomic E-state index is -1.00. The average molecular weight is 523 g/mol. The normalized spacial score (nSPS) is 16.8. The van der Waals surface area contributed by atoms with Gasteiger partial charge in [0.05, 0.1) is 22.3 Å². The summed E-state index contributed by atoms with van der Waals surface area (Å²) in [7, 11) is 3.64. The summed E-state index contributed by atoms with van der Waals surface area (Å²) in [6.07, 6.45) is 3.88. The summed E-state index contributed by atoms with van der Waals surface area (Å²) in [5, 5.41) is 10.6. The summed E-state index contributed by atoms with van der Waals surface area (Å²) in [6.45, 7) is 7.18. The van der Waals surface area contributed by atoms with E-state index in [2.05, 4.69) is 27.5 Å². The standard InChI is InChI=1S/C24H27FINO3/c1-14-11-17(25)12-15(2)23(14)30-19-8-7-16(24(3,4)28)13-18(19)22-21(26)20(29-6)9-10-27(22)5/h7-13,22,28H,1-6H3. The fourth-order valence-corrected chi connectivity index (χ4v) is 4.76. The first kappa shape index (κ1) is 22.6. The van der Waals surface area contributed by atoms with Gasteiger partial charge in [0, 0.05) is 18.8 Å². The van der Waals surface area contributed by atoms with E-state index in [4.69, 9.17) is 9.47 Å². The van der Waals surface area contributed by atoms with Crippen LogP contribution in [-0.4, -0.2) is 24.2 Å². The summed E-state index contributed by atoms with van der Waals surface area (Å²) >= 11 is 2.29. The molecule has 6 heteroatoms. The highest BCUT2D eigenvalue weighted by molar-refractivity contribution is 14.1. The van der Waals surface area contributed by atoms with Gasteiger partial charge in [0.2, 0.25) is 0 Å². The number of aliphatic hydroxyl groups is 1. The number of ether oxygens (including phenoxy) is 2. The first-order chi connectivity index (χ1) is 14.0. The van der Waals surface area contributed by atoms with Crippen LogP contribution in [0.25, 0.3) is 0 Å². The lowest BCUT2D eigenvalue weighted by atomic mass is 9.92. The number of methoxy groups -OCH3 is 1. The number of benzene rings is 2. The SMILES string of the molecule is COC1=C(I)C(c2cc(C(C)(C)O)ccc2Oc2c(C)cc(F)cc2C)N(C)C=C1. The Kier molecular flexibility index (Phi) is 6.48. The average Bonchev–Trinajstić information content (AvgIpc) is 2.64. The monoisotopic (exact) mass is 523 g/mol. The smallest absolute Gasteiger partial charge is 0.133 e. The molecular weight excluding hydrogens is 496 g/mol. The molecule has 0 saturated carbocycles. The predicted molar refractivity (Wildman–Crippen MR) is 125 cm³/mol. The molecular formula is C24H27FINO3. The van der Waals surface area contributed by atoms with Crippen molar-refractivity contribution in [2.45, 2.75) is 39.3 Å². The van der Waals surface area contributed by atoms with Gasteiger partial charge in [-0.1, -0.05) is 6.07 Å². The topological polar surface area (TPSA) is 41.9 Å². The van der Waals surface area contributed by atoms with Crippen molar-refractivity contribution in [2.75, 3.05) is 14.2 Å². The first-order valence-corrected chi connectivity index (χ1v) is 10.8. The fourth-order valence-electron chi connectivity index (χ4n) is 3.59. The highest BCUT2D eigenvalue weighted by Crippen LogP contribution is 2.44. The molecule has 1 heterocycles. The third-order valence-corrected chi connectivity index (χ3v) is 6.33. The van der Waals surface area contributed by atoms with Gasteiger partial charge in [0.1, 0.15) is 23.1 Å². The van der Waals surface area contributed by atoms with Crippen LogP contribution in [0.2, 0.25) is 0 Å². The number of nitrogens with zero attached hydrogens (tertiary/aromatic N) is 1. The van der Waals surface area contributed by atoms with Crippen LogP contribution >= 0.6 is 22.6 Å². The van der Waals surface area contributed by atoms with Crippen molar-refractivity contribution >= 4 is 22.6 Å².